The van der Waals surface area contributed by atoms with Crippen molar-refractivity contribution in [1.82, 2.24) is 10.2 Å². The molecule has 0 aromatic carbocycles. The third-order valence-corrected chi connectivity index (χ3v) is 3.99. The van der Waals surface area contributed by atoms with E-state index in [-0.39, 0.29) is 12.1 Å². The highest BCUT2D eigenvalue weighted by Crippen LogP contribution is 2.21. The Hall–Kier alpha value is -0.950. The molecule has 0 spiro atoms. The summed E-state index contributed by atoms with van der Waals surface area (Å²) in [5.74, 6) is -0.0140. The second kappa shape index (κ2) is 5.59. The summed E-state index contributed by atoms with van der Waals surface area (Å²) in [6.07, 6.45) is 1.59. The maximum atomic E-state index is 11.9. The van der Waals surface area contributed by atoms with Gasteiger partial charge in [0.05, 0.1) is 5.88 Å². The molecule has 0 aromatic rings. The van der Waals surface area contributed by atoms with E-state index in [0.717, 1.165) is 12.8 Å². The number of carboxylic acids is 1. The molecule has 2 aliphatic heterocycles. The van der Waals surface area contributed by atoms with Gasteiger partial charge in [-0.2, -0.15) is 0 Å². The fraction of sp³-hybridized carbons (Fsp3) is 0.800. The number of carboxylic acid groups (broad SMARTS) is 1. The number of thioether (sulfide) groups is 1. The van der Waals surface area contributed by atoms with Gasteiger partial charge in [-0.3, -0.25) is 0 Å². The number of nitrogens with zero attached hydrogens (tertiary/aromatic N) is 1. The molecule has 2 rings (SSSR count). The first kappa shape index (κ1) is 12.5. The molecule has 2 N–H and O–H groups in total. The van der Waals surface area contributed by atoms with E-state index < -0.39 is 12.0 Å². The number of amides is 2. The normalized spacial score (nSPS) is 25.9. The lowest BCUT2D eigenvalue weighted by Crippen LogP contribution is -2.50. The average Bonchev–Trinajstić information content (AvgIpc) is 2.79. The van der Waals surface area contributed by atoms with E-state index in [2.05, 4.69) is 5.32 Å². The summed E-state index contributed by atoms with van der Waals surface area (Å²) < 4.78 is 5.20. The van der Waals surface area contributed by atoms with Gasteiger partial charge in [0.15, 0.2) is 0 Å². The highest BCUT2D eigenvalue weighted by Gasteiger charge is 2.35. The van der Waals surface area contributed by atoms with Crippen LogP contribution in [0.15, 0.2) is 0 Å². The van der Waals surface area contributed by atoms with Crippen LogP contribution in [-0.4, -0.2) is 58.9 Å². The Balaban J connectivity index is 1.88. The van der Waals surface area contributed by atoms with Crippen molar-refractivity contribution in [2.45, 2.75) is 24.9 Å². The quantitative estimate of drug-likeness (QED) is 0.748. The maximum Gasteiger partial charge on any atom is 0.327 e. The van der Waals surface area contributed by atoms with Gasteiger partial charge in [0.25, 0.3) is 0 Å². The topological polar surface area (TPSA) is 78.9 Å². The molecule has 2 saturated heterocycles. The van der Waals surface area contributed by atoms with Crippen molar-refractivity contribution in [1.29, 1.82) is 0 Å². The number of nitrogens with one attached hydrogen (secondary N) is 1. The van der Waals surface area contributed by atoms with Crippen LogP contribution < -0.4 is 5.32 Å². The van der Waals surface area contributed by atoms with E-state index in [0.29, 0.717) is 24.8 Å². The minimum atomic E-state index is -0.933. The minimum Gasteiger partial charge on any atom is -0.480 e. The zero-order valence-electron chi connectivity index (χ0n) is 9.42. The molecule has 0 saturated carbocycles. The number of urea groups is 1. The molecule has 0 aliphatic carbocycles. The molecule has 6 nitrogen and oxygen atoms in total. The second-order valence-corrected chi connectivity index (χ2v) is 5.16. The molecule has 2 amide bonds. The number of hydrogen-bond acceptors (Lipinski definition) is 4. The van der Waals surface area contributed by atoms with Crippen molar-refractivity contribution in [2.24, 2.45) is 0 Å². The molecule has 96 valence electrons. The third kappa shape index (κ3) is 3.04. The van der Waals surface area contributed by atoms with E-state index in [1.807, 2.05) is 0 Å². The first-order valence-electron chi connectivity index (χ1n) is 5.64. The first-order chi connectivity index (χ1) is 8.18. The largest absolute Gasteiger partial charge is 0.480 e. The predicted octanol–water partition coefficient (Wildman–Crippen LogP) is 0.334. The number of carbonyl (C=O) groups excluding carboxylic acids is 1. The molecule has 2 aliphatic rings. The van der Waals surface area contributed by atoms with E-state index in [1.165, 1.54) is 16.7 Å². The molecule has 1 atom stereocenters. The van der Waals surface area contributed by atoms with Crippen molar-refractivity contribution in [3.63, 3.8) is 0 Å². The number of ether oxygens (including phenoxy) is 1. The van der Waals surface area contributed by atoms with Crippen LogP contribution in [0.2, 0.25) is 0 Å². The summed E-state index contributed by atoms with van der Waals surface area (Å²) in [7, 11) is 0. The molecule has 17 heavy (non-hydrogen) atoms. The molecule has 0 bridgehead atoms. The smallest absolute Gasteiger partial charge is 0.327 e. The lowest BCUT2D eigenvalue weighted by Gasteiger charge is -2.27. The Labute approximate surface area is 104 Å². The van der Waals surface area contributed by atoms with Gasteiger partial charge < -0.3 is 20.1 Å². The van der Waals surface area contributed by atoms with Crippen LogP contribution in [0.5, 0.6) is 0 Å². The molecule has 0 unspecified atom stereocenters. The van der Waals surface area contributed by atoms with Crippen LogP contribution in [0, 0.1) is 0 Å². The van der Waals surface area contributed by atoms with Crippen molar-refractivity contribution in [3.05, 3.63) is 0 Å². The van der Waals surface area contributed by atoms with Crippen molar-refractivity contribution in [3.8, 4) is 0 Å². The van der Waals surface area contributed by atoms with Crippen LogP contribution in [0.1, 0.15) is 12.8 Å². The minimum absolute atomic E-state index is 0.108. The maximum absolute atomic E-state index is 11.9. The van der Waals surface area contributed by atoms with Gasteiger partial charge in [-0.05, 0) is 12.8 Å². The SMILES string of the molecule is O=C(O)[C@@H]1CSCN1C(=O)NC1CCOCC1. The molecule has 0 aromatic heterocycles. The van der Waals surface area contributed by atoms with Crippen LogP contribution in [0.3, 0.4) is 0 Å². The number of carbonyl (C=O) groups is 2. The summed E-state index contributed by atoms with van der Waals surface area (Å²) in [6, 6.07) is -0.856. The summed E-state index contributed by atoms with van der Waals surface area (Å²) >= 11 is 1.47. The van der Waals surface area contributed by atoms with E-state index in [4.69, 9.17) is 9.84 Å². The molecule has 7 heteroatoms. The molecular weight excluding hydrogens is 244 g/mol. The number of aliphatic carboxylic acids is 1. The van der Waals surface area contributed by atoms with E-state index in [9.17, 15) is 9.59 Å². The lowest BCUT2D eigenvalue weighted by molar-refractivity contribution is -0.140. The van der Waals surface area contributed by atoms with Crippen molar-refractivity contribution < 1.29 is 19.4 Å². The number of hydrogen-bond donors (Lipinski definition) is 2. The van der Waals surface area contributed by atoms with Gasteiger partial charge in [-0.15, -0.1) is 11.8 Å². The summed E-state index contributed by atoms with van der Waals surface area (Å²) in [6.45, 7) is 1.31. The van der Waals surface area contributed by atoms with Crippen LogP contribution >= 0.6 is 11.8 Å². The molecular formula is C10H16N2O4S. The lowest BCUT2D eigenvalue weighted by atomic mass is 10.1. The standard InChI is InChI=1S/C10H16N2O4S/c13-9(14)8-5-17-6-12(8)10(15)11-7-1-3-16-4-2-7/h7-8H,1-6H2,(H,11,15)(H,13,14)/t8-/m0/s1. The second-order valence-electron chi connectivity index (χ2n) is 4.16. The van der Waals surface area contributed by atoms with Gasteiger partial charge in [-0.25, -0.2) is 9.59 Å². The summed E-state index contributed by atoms with van der Waals surface area (Å²) in [4.78, 5) is 24.3. The molecule has 0 radical (unpaired) electrons. The molecule has 2 fully saturated rings. The fourth-order valence-electron chi connectivity index (χ4n) is 1.95. The Morgan fingerprint density at radius 2 is 2.06 bits per heavy atom. The van der Waals surface area contributed by atoms with Gasteiger partial charge in [0.2, 0.25) is 0 Å². The Bertz CT molecular complexity index is 307. The Morgan fingerprint density at radius 3 is 2.71 bits per heavy atom. The van der Waals surface area contributed by atoms with Gasteiger partial charge >= 0.3 is 12.0 Å². The van der Waals surface area contributed by atoms with Crippen LogP contribution in [-0.2, 0) is 9.53 Å². The number of rotatable bonds is 2. The third-order valence-electron chi connectivity index (χ3n) is 2.98. The van der Waals surface area contributed by atoms with Gasteiger partial charge in [0, 0.05) is 25.0 Å². The highest BCUT2D eigenvalue weighted by atomic mass is 32.2. The van der Waals surface area contributed by atoms with Crippen LogP contribution in [0.25, 0.3) is 0 Å². The average molecular weight is 260 g/mol. The molecule has 2 heterocycles. The Kier molecular flexibility index (Phi) is 4.11. The summed E-state index contributed by atoms with van der Waals surface area (Å²) in [5.41, 5.74) is 0. The zero-order valence-corrected chi connectivity index (χ0v) is 10.2. The highest BCUT2D eigenvalue weighted by molar-refractivity contribution is 7.99. The van der Waals surface area contributed by atoms with Crippen molar-refractivity contribution >= 4 is 23.8 Å². The van der Waals surface area contributed by atoms with E-state index >= 15 is 0 Å². The van der Waals surface area contributed by atoms with Crippen LogP contribution in [0.4, 0.5) is 4.79 Å². The predicted molar refractivity (Wildman–Crippen MR) is 63.0 cm³/mol. The Morgan fingerprint density at radius 1 is 1.35 bits per heavy atom. The fourth-order valence-corrected chi connectivity index (χ4v) is 3.09. The van der Waals surface area contributed by atoms with Crippen molar-refractivity contribution in [2.75, 3.05) is 24.8 Å². The zero-order chi connectivity index (χ0) is 12.3. The van der Waals surface area contributed by atoms with E-state index in [1.54, 1.807) is 0 Å². The van der Waals surface area contributed by atoms with Gasteiger partial charge in [-0.1, -0.05) is 0 Å². The first-order valence-corrected chi connectivity index (χ1v) is 6.79. The van der Waals surface area contributed by atoms with Gasteiger partial charge in [0.1, 0.15) is 6.04 Å². The summed E-state index contributed by atoms with van der Waals surface area (Å²) in [5, 5.41) is 11.9. The monoisotopic (exact) mass is 260 g/mol.